The number of amides is 2. The molecule has 0 aliphatic carbocycles. The van der Waals surface area contributed by atoms with Crippen LogP contribution >= 0.6 is 0 Å². The Kier molecular flexibility index (Phi) is 5.88. The van der Waals surface area contributed by atoms with Crippen LogP contribution in [-0.4, -0.2) is 72.7 Å². The van der Waals surface area contributed by atoms with Crippen molar-refractivity contribution in [3.05, 3.63) is 32.6 Å². The smallest absolute Gasteiger partial charge is 0.325 e. The van der Waals surface area contributed by atoms with Crippen LogP contribution in [0, 0.1) is 0 Å². The van der Waals surface area contributed by atoms with Gasteiger partial charge in [-0.2, -0.15) is 0 Å². The summed E-state index contributed by atoms with van der Waals surface area (Å²) in [4.78, 5) is 52.1. The lowest BCUT2D eigenvalue weighted by Gasteiger charge is -2.32. The minimum absolute atomic E-state index is 0.132. The number of likely N-dealkylation sites (N-methyl/N-ethyl adjacent to an activating group) is 1. The van der Waals surface area contributed by atoms with E-state index in [2.05, 4.69) is 10.3 Å². The molecule has 0 spiro atoms. The summed E-state index contributed by atoms with van der Waals surface area (Å²) >= 11 is 0. The SMILES string of the molecule is CN(C)C(=O)CO[C@@H]1COCC[C@H]1NC(=O)c1c[nH]c(=O)[nH]c1=O. The number of carbonyl (C=O) groups excluding carboxylic acids is 2. The van der Waals surface area contributed by atoms with Gasteiger partial charge in [-0.1, -0.05) is 0 Å². The van der Waals surface area contributed by atoms with Crippen molar-refractivity contribution in [3.63, 3.8) is 0 Å². The van der Waals surface area contributed by atoms with Gasteiger partial charge < -0.3 is 24.7 Å². The van der Waals surface area contributed by atoms with Gasteiger partial charge in [-0.05, 0) is 6.42 Å². The molecule has 0 saturated carbocycles. The molecule has 2 rings (SSSR count). The van der Waals surface area contributed by atoms with E-state index in [0.717, 1.165) is 6.20 Å². The number of aromatic amines is 2. The van der Waals surface area contributed by atoms with Crippen LogP contribution in [0.2, 0.25) is 0 Å². The van der Waals surface area contributed by atoms with Crippen LogP contribution in [0.1, 0.15) is 16.8 Å². The van der Waals surface area contributed by atoms with Crippen LogP contribution in [0.3, 0.4) is 0 Å². The highest BCUT2D eigenvalue weighted by molar-refractivity contribution is 5.93. The molecule has 2 amide bonds. The molecule has 1 aromatic heterocycles. The molecule has 0 aromatic carbocycles. The molecular formula is C14H20N4O6. The number of hydrogen-bond acceptors (Lipinski definition) is 6. The first-order valence-electron chi connectivity index (χ1n) is 7.41. The number of hydrogen-bond donors (Lipinski definition) is 3. The molecule has 2 atom stereocenters. The van der Waals surface area contributed by atoms with Crippen molar-refractivity contribution in [2.45, 2.75) is 18.6 Å². The standard InChI is InChI=1S/C14H20N4O6/c1-18(2)11(19)7-24-10-6-23-4-3-9(10)16-12(20)8-5-15-14(22)17-13(8)21/h5,9-10H,3-4,6-7H2,1-2H3,(H,16,20)(H2,15,17,21,22)/t9-,10-/m1/s1. The third kappa shape index (κ3) is 4.52. The molecule has 0 bridgehead atoms. The fraction of sp³-hybridized carbons (Fsp3) is 0.571. The summed E-state index contributed by atoms with van der Waals surface area (Å²) in [5.74, 6) is -0.838. The monoisotopic (exact) mass is 340 g/mol. The van der Waals surface area contributed by atoms with E-state index in [1.165, 1.54) is 4.90 Å². The fourth-order valence-electron chi connectivity index (χ4n) is 2.17. The zero-order chi connectivity index (χ0) is 17.7. The fourth-order valence-corrected chi connectivity index (χ4v) is 2.17. The Morgan fingerprint density at radius 1 is 1.42 bits per heavy atom. The van der Waals surface area contributed by atoms with Crippen LogP contribution in [0.15, 0.2) is 15.8 Å². The lowest BCUT2D eigenvalue weighted by atomic mass is 10.1. The van der Waals surface area contributed by atoms with E-state index < -0.39 is 29.3 Å². The Bertz CT molecular complexity index is 710. The van der Waals surface area contributed by atoms with Crippen molar-refractivity contribution in [3.8, 4) is 0 Å². The van der Waals surface area contributed by atoms with Gasteiger partial charge in [0.1, 0.15) is 18.3 Å². The number of rotatable bonds is 5. The van der Waals surface area contributed by atoms with Gasteiger partial charge in [0.05, 0.1) is 12.6 Å². The maximum atomic E-state index is 12.2. The quantitative estimate of drug-likeness (QED) is 0.571. The third-order valence-corrected chi connectivity index (χ3v) is 3.60. The third-order valence-electron chi connectivity index (χ3n) is 3.60. The molecule has 2 heterocycles. The van der Waals surface area contributed by atoms with Gasteiger partial charge in [-0.25, -0.2) is 4.79 Å². The van der Waals surface area contributed by atoms with E-state index >= 15 is 0 Å². The Morgan fingerprint density at radius 2 is 2.17 bits per heavy atom. The van der Waals surface area contributed by atoms with E-state index in [1.54, 1.807) is 14.1 Å². The second-order valence-electron chi connectivity index (χ2n) is 5.57. The van der Waals surface area contributed by atoms with Gasteiger partial charge >= 0.3 is 5.69 Å². The molecular weight excluding hydrogens is 320 g/mol. The zero-order valence-corrected chi connectivity index (χ0v) is 13.5. The Hall–Kier alpha value is -2.46. The molecule has 10 heteroatoms. The normalized spacial score (nSPS) is 20.4. The lowest BCUT2D eigenvalue weighted by Crippen LogP contribution is -2.51. The number of aromatic nitrogens is 2. The summed E-state index contributed by atoms with van der Waals surface area (Å²) in [6, 6.07) is -0.410. The molecule has 3 N–H and O–H groups in total. The van der Waals surface area contributed by atoms with Crippen molar-refractivity contribution in [1.82, 2.24) is 20.2 Å². The molecule has 1 aromatic rings. The predicted molar refractivity (Wildman–Crippen MR) is 82.8 cm³/mol. The van der Waals surface area contributed by atoms with Gasteiger partial charge in [0.25, 0.3) is 11.5 Å². The number of nitrogens with zero attached hydrogens (tertiary/aromatic N) is 1. The van der Waals surface area contributed by atoms with Crippen molar-refractivity contribution in [1.29, 1.82) is 0 Å². The topological polar surface area (TPSA) is 134 Å². The van der Waals surface area contributed by atoms with Gasteiger partial charge in [0.15, 0.2) is 0 Å². The van der Waals surface area contributed by atoms with Crippen LogP contribution < -0.4 is 16.6 Å². The van der Waals surface area contributed by atoms with E-state index in [-0.39, 0.29) is 24.7 Å². The molecule has 0 unspecified atom stereocenters. The number of H-pyrrole nitrogens is 2. The van der Waals surface area contributed by atoms with Gasteiger partial charge in [-0.3, -0.25) is 19.4 Å². The second kappa shape index (κ2) is 7.88. The molecule has 10 nitrogen and oxygen atoms in total. The summed E-state index contributed by atoms with van der Waals surface area (Å²) in [6.07, 6.45) is 1.03. The molecule has 1 saturated heterocycles. The zero-order valence-electron chi connectivity index (χ0n) is 13.5. The van der Waals surface area contributed by atoms with Crippen molar-refractivity contribution < 1.29 is 19.1 Å². The highest BCUT2D eigenvalue weighted by atomic mass is 16.5. The summed E-state index contributed by atoms with van der Waals surface area (Å²) in [5, 5.41) is 2.69. The van der Waals surface area contributed by atoms with E-state index in [9.17, 15) is 19.2 Å². The minimum atomic E-state index is -0.774. The van der Waals surface area contributed by atoms with Crippen LogP contribution in [0.4, 0.5) is 0 Å². The molecule has 132 valence electrons. The molecule has 0 radical (unpaired) electrons. The van der Waals surface area contributed by atoms with Crippen molar-refractivity contribution in [2.24, 2.45) is 0 Å². The average molecular weight is 340 g/mol. The first-order chi connectivity index (χ1) is 11.4. The highest BCUT2D eigenvalue weighted by Gasteiger charge is 2.29. The Morgan fingerprint density at radius 3 is 2.83 bits per heavy atom. The van der Waals surface area contributed by atoms with Gasteiger partial charge in [0, 0.05) is 26.9 Å². The number of carbonyl (C=O) groups is 2. The minimum Gasteiger partial charge on any atom is -0.379 e. The van der Waals surface area contributed by atoms with Crippen LogP contribution in [0.25, 0.3) is 0 Å². The second-order valence-corrected chi connectivity index (χ2v) is 5.57. The average Bonchev–Trinajstić information content (AvgIpc) is 2.53. The predicted octanol–water partition coefficient (Wildman–Crippen LogP) is -1.94. The van der Waals surface area contributed by atoms with Crippen LogP contribution in [0.5, 0.6) is 0 Å². The number of ether oxygens (including phenoxy) is 2. The molecule has 1 aliphatic heterocycles. The van der Waals surface area contributed by atoms with E-state index in [0.29, 0.717) is 13.0 Å². The highest BCUT2D eigenvalue weighted by Crippen LogP contribution is 2.12. The first kappa shape index (κ1) is 17.9. The summed E-state index contributed by atoms with van der Waals surface area (Å²) in [7, 11) is 3.23. The largest absolute Gasteiger partial charge is 0.379 e. The van der Waals surface area contributed by atoms with Crippen LogP contribution in [-0.2, 0) is 14.3 Å². The summed E-state index contributed by atoms with van der Waals surface area (Å²) in [6.45, 7) is 0.523. The number of nitrogens with one attached hydrogen (secondary N) is 3. The van der Waals surface area contributed by atoms with Gasteiger partial charge in [0.2, 0.25) is 5.91 Å². The maximum Gasteiger partial charge on any atom is 0.325 e. The maximum absolute atomic E-state index is 12.2. The van der Waals surface area contributed by atoms with Crippen molar-refractivity contribution >= 4 is 11.8 Å². The Labute approximate surface area is 137 Å². The molecule has 1 aliphatic rings. The van der Waals surface area contributed by atoms with E-state index in [4.69, 9.17) is 9.47 Å². The Balaban J connectivity index is 2.02. The van der Waals surface area contributed by atoms with Crippen molar-refractivity contribution in [2.75, 3.05) is 33.9 Å². The first-order valence-corrected chi connectivity index (χ1v) is 7.41. The summed E-state index contributed by atoms with van der Waals surface area (Å²) in [5.41, 5.74) is -1.67. The van der Waals surface area contributed by atoms with Gasteiger partial charge in [-0.15, -0.1) is 0 Å². The summed E-state index contributed by atoms with van der Waals surface area (Å²) < 4.78 is 10.8. The molecule has 1 fully saturated rings. The lowest BCUT2D eigenvalue weighted by molar-refractivity contribution is -0.140. The molecule has 24 heavy (non-hydrogen) atoms. The van der Waals surface area contributed by atoms with E-state index in [1.807, 2.05) is 4.98 Å².